The third kappa shape index (κ3) is 22.1. The first-order valence-electron chi connectivity index (χ1n) is 19.8. The molecule has 0 aliphatic carbocycles. The second kappa shape index (κ2) is 29.0. The predicted molar refractivity (Wildman–Crippen MR) is 209 cm³/mol. The van der Waals surface area contributed by atoms with Crippen LogP contribution >= 0.6 is 0 Å². The molecular weight excluding hydrogens is 622 g/mol. The largest absolute Gasteiger partial charge is 0.343 e. The Labute approximate surface area is 304 Å². The molecule has 0 heterocycles. The summed E-state index contributed by atoms with van der Waals surface area (Å²) in [6.45, 7) is 9.15. The van der Waals surface area contributed by atoms with Gasteiger partial charge in [-0.1, -0.05) is 164 Å². The van der Waals surface area contributed by atoms with Gasteiger partial charge >= 0.3 is 18.0 Å². The Bertz CT molecular complexity index is 1080. The van der Waals surface area contributed by atoms with E-state index in [-0.39, 0.29) is 24.1 Å². The predicted octanol–water partition coefficient (Wildman–Crippen LogP) is 6.98. The van der Waals surface area contributed by atoms with Crippen molar-refractivity contribution in [3.8, 4) is 0 Å². The third-order valence-electron chi connectivity index (χ3n) is 9.05. The summed E-state index contributed by atoms with van der Waals surface area (Å²) in [4.78, 5) is 28.3. The molecule has 50 heavy (non-hydrogen) atoms. The lowest BCUT2D eigenvalue weighted by Crippen LogP contribution is -2.80. The van der Waals surface area contributed by atoms with Crippen molar-refractivity contribution in [3.63, 3.8) is 0 Å². The summed E-state index contributed by atoms with van der Waals surface area (Å²) in [7, 11) is 0. The van der Waals surface area contributed by atoms with Gasteiger partial charge in [0.25, 0.3) is 0 Å². The summed E-state index contributed by atoms with van der Waals surface area (Å²) in [5.74, 6) is 0.811. The molecule has 9 nitrogen and oxygen atoms in total. The van der Waals surface area contributed by atoms with E-state index in [2.05, 4.69) is 43.8 Å². The number of benzene rings is 2. The van der Waals surface area contributed by atoms with E-state index in [1.54, 1.807) is 0 Å². The quantitative estimate of drug-likeness (QED) is 0.0310. The Morgan fingerprint density at radius 1 is 0.500 bits per heavy atom. The van der Waals surface area contributed by atoms with E-state index in [9.17, 15) is 9.59 Å². The van der Waals surface area contributed by atoms with E-state index >= 15 is 0 Å². The van der Waals surface area contributed by atoms with Crippen LogP contribution in [0.4, 0.5) is 9.59 Å². The lowest BCUT2D eigenvalue weighted by molar-refractivity contribution is -0.462. The van der Waals surface area contributed by atoms with Crippen molar-refractivity contribution in [2.45, 2.75) is 136 Å². The van der Waals surface area contributed by atoms with E-state index in [0.717, 1.165) is 30.1 Å². The number of rotatable bonds is 27. The molecule has 280 valence electrons. The van der Waals surface area contributed by atoms with Crippen LogP contribution in [0.2, 0.25) is 0 Å². The molecule has 4 amide bonds. The summed E-state index contributed by atoms with van der Waals surface area (Å²) >= 11 is 0. The highest BCUT2D eigenvalue weighted by molar-refractivity contribution is 5.76. The number of amides is 4. The molecule has 0 aliphatic heterocycles. The second-order valence-electron chi connectivity index (χ2n) is 13.5. The topological polar surface area (TPSA) is 120 Å². The molecule has 0 saturated heterocycles. The van der Waals surface area contributed by atoms with Crippen molar-refractivity contribution in [2.24, 2.45) is 0 Å². The minimum atomic E-state index is -0.196. The van der Waals surface area contributed by atoms with Crippen LogP contribution in [0.5, 0.6) is 0 Å². The van der Waals surface area contributed by atoms with Gasteiger partial charge in [0.2, 0.25) is 0 Å². The molecule has 0 saturated carbocycles. The lowest BCUT2D eigenvalue weighted by Gasteiger charge is -2.15. The fraction of sp³-hybridized carbons (Fsp3) is 0.634. The minimum absolute atomic E-state index is 0.0743. The van der Waals surface area contributed by atoms with Crippen molar-refractivity contribution in [2.75, 3.05) is 32.7 Å². The van der Waals surface area contributed by atoms with Gasteiger partial charge < -0.3 is 21.3 Å². The van der Waals surface area contributed by atoms with Crippen LogP contribution in [0.15, 0.2) is 60.7 Å². The smallest absolute Gasteiger partial charge is 0.335 e. The Hall–Kier alpha value is -3.75. The Kier molecular flexibility index (Phi) is 24.6. The average Bonchev–Trinajstić information content (AvgIpc) is 3.13. The fourth-order valence-electron chi connectivity index (χ4n) is 5.95. The lowest BCUT2D eigenvalue weighted by atomic mass is 10.0. The van der Waals surface area contributed by atoms with Gasteiger partial charge in [-0.2, -0.15) is 0 Å². The van der Waals surface area contributed by atoms with Crippen LogP contribution in [0, 0.1) is 0 Å². The molecule has 2 atom stereocenters. The summed E-state index contributed by atoms with van der Waals surface area (Å²) in [5.41, 5.74) is 2.13. The van der Waals surface area contributed by atoms with Crippen molar-refractivity contribution in [1.82, 2.24) is 31.9 Å². The summed E-state index contributed by atoms with van der Waals surface area (Å²) in [6, 6.07) is 19.3. The average molecular weight is 693 g/mol. The Balaban J connectivity index is 1.63. The second-order valence-corrected chi connectivity index (χ2v) is 13.5. The van der Waals surface area contributed by atoms with Gasteiger partial charge in [-0.25, -0.2) is 9.59 Å². The molecule has 0 unspecified atom stereocenters. The number of carbonyl (C=O) groups excluding carboxylic acids is 2. The normalized spacial score (nSPS) is 12.0. The van der Waals surface area contributed by atoms with Crippen LogP contribution in [0.3, 0.4) is 0 Å². The molecule has 9 heteroatoms. The molecule has 0 fully saturated rings. The number of guanidine groups is 1. The zero-order valence-corrected chi connectivity index (χ0v) is 31.6. The van der Waals surface area contributed by atoms with Gasteiger partial charge in [0.05, 0.1) is 31.7 Å². The number of unbranched alkanes of at least 4 members (excludes halogenated alkanes) is 15. The summed E-state index contributed by atoms with van der Waals surface area (Å²) < 4.78 is 0. The van der Waals surface area contributed by atoms with Crippen LogP contribution in [-0.2, 0) is 0 Å². The number of nitrogens with one attached hydrogen (secondary N) is 7. The van der Waals surface area contributed by atoms with Gasteiger partial charge in [-0.15, -0.1) is 0 Å². The van der Waals surface area contributed by atoms with E-state index < -0.39 is 0 Å². The maximum Gasteiger partial charge on any atom is 0.343 e. The van der Waals surface area contributed by atoms with Gasteiger partial charge in [0, 0.05) is 13.1 Å². The van der Waals surface area contributed by atoms with E-state index in [4.69, 9.17) is 0 Å². The van der Waals surface area contributed by atoms with E-state index in [1.807, 2.05) is 74.5 Å². The molecule has 0 aliphatic rings. The van der Waals surface area contributed by atoms with Gasteiger partial charge in [-0.05, 0) is 31.4 Å². The maximum atomic E-state index is 12.4. The SMILES string of the molecule is CCCCCCCCCCCCCCCCCC[NH+]=C(NCCNC(=O)N[C@@H](C)c1ccccc1)NCCNC(=O)N[C@@H](C)c1ccccc1. The number of urea groups is 2. The van der Waals surface area contributed by atoms with Crippen LogP contribution in [0.1, 0.15) is 147 Å². The summed E-state index contributed by atoms with van der Waals surface area (Å²) in [5, 5.41) is 18.6. The molecule has 0 bridgehead atoms. The monoisotopic (exact) mass is 693 g/mol. The Morgan fingerprint density at radius 3 is 1.22 bits per heavy atom. The Morgan fingerprint density at radius 2 is 0.840 bits per heavy atom. The first-order chi connectivity index (χ1) is 24.5. The van der Waals surface area contributed by atoms with Crippen LogP contribution in [-0.4, -0.2) is 50.7 Å². The zero-order valence-electron chi connectivity index (χ0n) is 31.6. The third-order valence-corrected chi connectivity index (χ3v) is 9.05. The molecule has 2 aromatic rings. The van der Waals surface area contributed by atoms with Crippen LogP contribution < -0.4 is 36.9 Å². The molecule has 2 rings (SSSR count). The highest BCUT2D eigenvalue weighted by Crippen LogP contribution is 2.14. The molecule has 0 aromatic heterocycles. The van der Waals surface area contributed by atoms with E-state index in [0.29, 0.717) is 26.2 Å². The maximum absolute atomic E-state index is 12.4. The van der Waals surface area contributed by atoms with Crippen LogP contribution in [0.25, 0.3) is 0 Å². The highest BCUT2D eigenvalue weighted by Gasteiger charge is 2.11. The molecule has 2 aromatic carbocycles. The first kappa shape index (κ1) is 42.4. The number of carbonyl (C=O) groups is 2. The van der Waals surface area contributed by atoms with Gasteiger partial charge in [-0.3, -0.25) is 15.6 Å². The molecule has 0 radical (unpaired) electrons. The van der Waals surface area contributed by atoms with Gasteiger partial charge in [0.15, 0.2) is 0 Å². The zero-order chi connectivity index (χ0) is 35.9. The van der Waals surface area contributed by atoms with Crippen molar-refractivity contribution in [1.29, 1.82) is 0 Å². The fourth-order valence-corrected chi connectivity index (χ4v) is 5.95. The minimum Gasteiger partial charge on any atom is -0.335 e. The standard InChI is InChI=1S/C41H69N7O2/c1-4-5-6-7-8-9-10-11-12-13-14-15-16-17-18-25-30-42-39(43-31-33-45-40(49)47-35(2)37-26-21-19-22-27-37)44-32-34-46-41(50)48-36(3)38-28-23-20-24-29-38/h19-24,26-29,35-36H,4-18,25,30-34H2,1-3H3,(H2,42,43,44)(H2,45,47,49)(H2,46,48,50)/p+1/t35-,36-/m0/s1. The highest BCUT2D eigenvalue weighted by atomic mass is 16.2. The van der Waals surface area contributed by atoms with Crippen molar-refractivity contribution in [3.05, 3.63) is 71.8 Å². The molecule has 7 N–H and O–H groups in total. The summed E-state index contributed by atoms with van der Waals surface area (Å²) in [6.07, 6.45) is 21.7. The van der Waals surface area contributed by atoms with Gasteiger partial charge in [0.1, 0.15) is 0 Å². The number of hydrogen-bond donors (Lipinski definition) is 7. The van der Waals surface area contributed by atoms with E-state index in [1.165, 1.54) is 96.3 Å². The molecule has 0 spiro atoms. The number of hydrogen-bond acceptors (Lipinski definition) is 2. The first-order valence-corrected chi connectivity index (χ1v) is 19.8. The molecular formula is C41H70N7O2+. The van der Waals surface area contributed by atoms with Crippen molar-refractivity contribution < 1.29 is 14.6 Å². The van der Waals surface area contributed by atoms with Crippen molar-refractivity contribution >= 4 is 18.0 Å².